The van der Waals surface area contributed by atoms with E-state index < -0.39 is 66.3 Å². The van der Waals surface area contributed by atoms with Crippen LogP contribution in [0.3, 0.4) is 0 Å². The van der Waals surface area contributed by atoms with Crippen molar-refractivity contribution in [1.82, 2.24) is 56.2 Å². The number of nitrogens with one attached hydrogen (secondary N) is 5. The number of ether oxygens (including phenoxy) is 2. The smallest absolute Gasteiger partial charge is 0.412 e. The van der Waals surface area contributed by atoms with Gasteiger partial charge in [0, 0.05) is 64.9 Å². The van der Waals surface area contributed by atoms with Crippen molar-refractivity contribution in [3.8, 4) is 43.4 Å². The molecule has 1 aliphatic heterocycles. The molecule has 23 nitrogen and oxygen atoms in total. The fourth-order valence-electron chi connectivity index (χ4n) is 8.43. The standard InChI is InChI=1S/C53H52N12O11S6/c1-24(2)28-16-34(66)40-25(3)81-51(64-40)30(17-37(67)54-4)57-45(72)32-21-77-47(59-32)27-13-14-29(49-61-36(23-80-49)62-53(74)76-15-9-12-39(69)70)56-41(27)31-20-78-50(58-31)33-22-79-52(60-33)43(44(71)26-10-7-6-8-11-26)63-38(68)18-55-46(73)42-35(19-75-5)82-48(28)65-42/h6-8,10-11,13-14,20-24,28,30,43-44,71H,9,12,15-19H2,1-5H3,(H,54,67)(H,55,73)(H,57,72)(H,62,74)(H,63,68)(H,69,70)/t28-,30+,43+,44+/m1/s1. The van der Waals surface area contributed by atoms with Crippen LogP contribution in [0.2, 0.25) is 0 Å². The van der Waals surface area contributed by atoms with Crippen molar-refractivity contribution in [3.63, 3.8) is 0 Å². The van der Waals surface area contributed by atoms with Crippen LogP contribution >= 0.6 is 68.0 Å². The number of amides is 5. The van der Waals surface area contributed by atoms with Crippen molar-refractivity contribution < 1.29 is 53.2 Å². The van der Waals surface area contributed by atoms with E-state index in [2.05, 4.69) is 31.6 Å². The average molecular weight is 1230 g/mol. The molecule has 0 aliphatic carbocycles. The molecule has 10 bridgehead atoms. The van der Waals surface area contributed by atoms with Crippen molar-refractivity contribution in [2.75, 3.05) is 32.6 Å². The Bertz CT molecular complexity index is 3660. The van der Waals surface area contributed by atoms with Gasteiger partial charge in [-0.25, -0.2) is 39.7 Å². The summed E-state index contributed by atoms with van der Waals surface area (Å²) < 4.78 is 10.6. The molecule has 0 spiro atoms. The number of benzene rings is 1. The lowest BCUT2D eigenvalue weighted by molar-refractivity contribution is -0.137. The molecule has 0 saturated heterocycles. The zero-order valence-electron chi connectivity index (χ0n) is 44.3. The lowest BCUT2D eigenvalue weighted by Gasteiger charge is -2.23. The molecular formula is C53H52N12O11S6. The number of nitrogens with zero attached hydrogens (tertiary/aromatic N) is 7. The Morgan fingerprint density at radius 3 is 2.23 bits per heavy atom. The summed E-state index contributed by atoms with van der Waals surface area (Å²) in [5.74, 6) is -4.07. The summed E-state index contributed by atoms with van der Waals surface area (Å²) in [5, 5.41) is 43.5. The van der Waals surface area contributed by atoms with E-state index in [1.165, 1.54) is 70.8 Å². The van der Waals surface area contributed by atoms with Crippen molar-refractivity contribution in [2.24, 2.45) is 5.92 Å². The highest BCUT2D eigenvalue weighted by atomic mass is 32.1. The number of ketones is 1. The van der Waals surface area contributed by atoms with Gasteiger partial charge in [0.15, 0.2) is 5.78 Å². The minimum atomic E-state index is -1.28. The molecule has 1 aliphatic rings. The molecule has 4 atom stereocenters. The van der Waals surface area contributed by atoms with Gasteiger partial charge in [-0.1, -0.05) is 44.2 Å². The first-order chi connectivity index (χ1) is 39.5. The minimum absolute atomic E-state index is 0.0216. The molecule has 29 heteroatoms. The summed E-state index contributed by atoms with van der Waals surface area (Å²) in [4.78, 5) is 128. The molecule has 82 heavy (non-hydrogen) atoms. The van der Waals surface area contributed by atoms with E-state index in [-0.39, 0.29) is 73.5 Å². The quantitative estimate of drug-likeness (QED) is 0.0531. The Kier molecular flexibility index (Phi) is 19.1. The molecule has 0 unspecified atom stereocenters. The average Bonchev–Trinajstić information content (AvgIpc) is 4.45. The first kappa shape index (κ1) is 59.0. The third-order valence-electron chi connectivity index (χ3n) is 12.6. The molecule has 8 aromatic rings. The van der Waals surface area contributed by atoms with E-state index >= 15 is 0 Å². The molecule has 7 aromatic heterocycles. The Hall–Kier alpha value is -7.64. The van der Waals surface area contributed by atoms with Crippen molar-refractivity contribution in [1.29, 1.82) is 0 Å². The number of carbonyl (C=O) groups excluding carboxylic acids is 6. The third kappa shape index (κ3) is 14.0. The number of anilines is 1. The first-order valence-corrected chi connectivity index (χ1v) is 30.4. The number of Topliss-reactive ketones (excluding diaryl/α,β-unsaturated/α-hetero) is 1. The molecule has 8 heterocycles. The summed E-state index contributed by atoms with van der Waals surface area (Å²) in [7, 11) is 2.95. The number of thiazole rings is 6. The third-order valence-corrected chi connectivity index (χ3v) is 18.4. The number of carboxylic acid groups (broad SMARTS) is 1. The number of aliphatic hydroxyl groups is 1. The number of aliphatic carboxylic acids is 1. The van der Waals surface area contributed by atoms with Crippen LogP contribution in [0.5, 0.6) is 0 Å². The molecule has 426 valence electrons. The Labute approximate surface area is 492 Å². The van der Waals surface area contributed by atoms with Gasteiger partial charge in [0.2, 0.25) is 11.8 Å². The number of carbonyl (C=O) groups is 7. The van der Waals surface area contributed by atoms with E-state index in [9.17, 15) is 38.7 Å². The van der Waals surface area contributed by atoms with Crippen LogP contribution < -0.4 is 26.6 Å². The number of methoxy groups -OCH3 is 1. The van der Waals surface area contributed by atoms with Gasteiger partial charge in [0.05, 0.1) is 47.8 Å². The summed E-state index contributed by atoms with van der Waals surface area (Å²) in [6.45, 7) is 5.03. The van der Waals surface area contributed by atoms with E-state index in [1.54, 1.807) is 70.9 Å². The maximum atomic E-state index is 14.3. The molecular weight excluding hydrogens is 1170 g/mol. The van der Waals surface area contributed by atoms with Crippen LogP contribution in [0, 0.1) is 12.8 Å². The Balaban J connectivity index is 1.11. The molecule has 0 saturated carbocycles. The largest absolute Gasteiger partial charge is 0.481 e. The number of carboxylic acids is 1. The van der Waals surface area contributed by atoms with Crippen molar-refractivity contribution >= 4 is 115 Å². The minimum Gasteiger partial charge on any atom is -0.481 e. The number of hydrogen-bond donors (Lipinski definition) is 7. The molecule has 1 aromatic carbocycles. The monoisotopic (exact) mass is 1220 g/mol. The van der Waals surface area contributed by atoms with Crippen molar-refractivity contribution in [2.45, 2.75) is 77.2 Å². The zero-order valence-corrected chi connectivity index (χ0v) is 49.2. The second-order valence-corrected chi connectivity index (χ2v) is 24.5. The Morgan fingerprint density at radius 1 is 0.756 bits per heavy atom. The fraction of sp³-hybridized carbons (Fsp3) is 0.321. The first-order valence-electron chi connectivity index (χ1n) is 25.3. The lowest BCUT2D eigenvalue weighted by atomic mass is 9.90. The topological polar surface area (TPSA) is 329 Å². The lowest BCUT2D eigenvalue weighted by Crippen LogP contribution is -2.40. The van der Waals surface area contributed by atoms with Crippen LogP contribution in [-0.4, -0.2) is 114 Å². The highest BCUT2D eigenvalue weighted by Gasteiger charge is 2.33. The maximum Gasteiger partial charge on any atom is 0.412 e. The second kappa shape index (κ2) is 26.5. The number of fused-ring (bicyclic) bond motifs is 14. The number of aryl methyl sites for hydroxylation is 1. The van der Waals surface area contributed by atoms with Crippen LogP contribution in [0.25, 0.3) is 43.4 Å². The van der Waals surface area contributed by atoms with Gasteiger partial charge in [0.25, 0.3) is 11.8 Å². The summed E-state index contributed by atoms with van der Waals surface area (Å²) >= 11 is 7.18. The number of aromatic nitrogens is 7. The summed E-state index contributed by atoms with van der Waals surface area (Å²) in [5.41, 5.74) is 2.73. The number of rotatable bonds is 13. The number of hydrogen-bond acceptors (Lipinski definition) is 23. The number of pyridine rings is 1. The van der Waals surface area contributed by atoms with Gasteiger partial charge in [-0.3, -0.25) is 34.1 Å². The molecule has 9 rings (SSSR count). The van der Waals surface area contributed by atoms with E-state index in [1.807, 2.05) is 13.8 Å². The zero-order chi connectivity index (χ0) is 58.2. The van der Waals surface area contributed by atoms with Gasteiger partial charge in [-0.15, -0.1) is 68.0 Å². The van der Waals surface area contributed by atoms with Crippen LogP contribution in [-0.2, 0) is 30.5 Å². The maximum absolute atomic E-state index is 14.3. The van der Waals surface area contributed by atoms with Gasteiger partial charge in [-0.05, 0) is 37.0 Å². The highest BCUT2D eigenvalue weighted by Crippen LogP contribution is 2.41. The predicted octanol–water partition coefficient (Wildman–Crippen LogP) is 8.61. The van der Waals surface area contributed by atoms with Gasteiger partial charge in [-0.2, -0.15) is 0 Å². The summed E-state index contributed by atoms with van der Waals surface area (Å²) in [6, 6.07) is 10.1. The van der Waals surface area contributed by atoms with E-state index in [0.29, 0.717) is 73.7 Å². The van der Waals surface area contributed by atoms with E-state index in [0.717, 1.165) is 11.3 Å². The van der Waals surface area contributed by atoms with Crippen molar-refractivity contribution in [3.05, 3.63) is 111 Å². The highest BCUT2D eigenvalue weighted by molar-refractivity contribution is 7.15. The fourth-order valence-corrected chi connectivity index (χ4v) is 14.0. The molecule has 0 radical (unpaired) electrons. The van der Waals surface area contributed by atoms with Crippen LogP contribution in [0.4, 0.5) is 10.6 Å². The normalized spacial score (nSPS) is 16.4. The summed E-state index contributed by atoms with van der Waals surface area (Å²) in [6.07, 6.45) is -2.37. The van der Waals surface area contributed by atoms with Crippen LogP contribution in [0.1, 0.15) is 125 Å². The second-order valence-electron chi connectivity index (χ2n) is 18.7. The van der Waals surface area contributed by atoms with Gasteiger partial charge >= 0.3 is 12.1 Å². The van der Waals surface area contributed by atoms with Crippen LogP contribution in [0.15, 0.2) is 64.0 Å². The van der Waals surface area contributed by atoms with Gasteiger partial charge < -0.3 is 41.0 Å². The predicted molar refractivity (Wildman–Crippen MR) is 310 cm³/mol. The molecule has 5 amide bonds. The van der Waals surface area contributed by atoms with E-state index in [4.69, 9.17) is 44.5 Å². The SMILES string of the molecule is CNC(=O)C[C@@H]1NC(=O)c2csc(n2)-c2ccc(-c3nc(NC(=O)OCCCC(=O)O)cs3)nc2-c2csc(n2)-c2csc(n2)[C@H]([C@@H](O)c2ccccc2)NC(=O)CNC(=O)c2nc(sc2COC)[C@@H](C(C)C)CC(=O)c2nc1sc2C. The molecule has 0 fully saturated rings. The van der Waals surface area contributed by atoms with Gasteiger partial charge in [0.1, 0.15) is 77.2 Å². The Morgan fingerprint density at radius 2 is 1.48 bits per heavy atom. The molecule has 7 N–H and O–H groups in total. The number of aliphatic hydroxyl groups excluding tert-OH is 1.